The third kappa shape index (κ3) is 4.59. The third-order valence-corrected chi connectivity index (χ3v) is 2.00. The smallest absolute Gasteiger partial charge is 0.302 e. The lowest BCUT2D eigenvalue weighted by Crippen LogP contribution is -2.07. The summed E-state index contributed by atoms with van der Waals surface area (Å²) in [6.07, 6.45) is 1.57. The van der Waals surface area contributed by atoms with Crippen molar-refractivity contribution in [3.05, 3.63) is 29.8 Å². The Bertz CT molecular complexity index is 346. The monoisotopic (exact) mass is 221 g/mol. The number of anilines is 1. The van der Waals surface area contributed by atoms with Crippen molar-refractivity contribution >= 4 is 17.9 Å². The van der Waals surface area contributed by atoms with Crippen LogP contribution in [0.3, 0.4) is 0 Å². The van der Waals surface area contributed by atoms with E-state index in [1.807, 2.05) is 12.1 Å². The van der Waals surface area contributed by atoms with Crippen LogP contribution in [-0.2, 0) is 9.53 Å². The number of aldehydes is 1. The number of benzene rings is 1. The van der Waals surface area contributed by atoms with Gasteiger partial charge in [0.15, 0.2) is 0 Å². The minimum absolute atomic E-state index is 0.254. The van der Waals surface area contributed by atoms with Gasteiger partial charge in [-0.05, 0) is 30.7 Å². The number of carbonyl (C=O) groups is 2. The number of carbonyl (C=O) groups excluding carboxylic acids is 2. The average molecular weight is 221 g/mol. The second-order valence-electron chi connectivity index (χ2n) is 3.36. The van der Waals surface area contributed by atoms with E-state index in [9.17, 15) is 9.59 Å². The predicted octanol–water partition coefficient (Wildman–Crippen LogP) is 1.86. The molecule has 0 aromatic heterocycles. The summed E-state index contributed by atoms with van der Waals surface area (Å²) in [6, 6.07) is 7.19. The molecule has 1 rings (SSSR count). The van der Waals surface area contributed by atoms with Crippen molar-refractivity contribution < 1.29 is 14.3 Å². The van der Waals surface area contributed by atoms with Gasteiger partial charge in [0.1, 0.15) is 6.29 Å². The lowest BCUT2D eigenvalue weighted by Gasteiger charge is -2.06. The van der Waals surface area contributed by atoms with E-state index in [4.69, 9.17) is 4.74 Å². The molecule has 0 heterocycles. The quantitative estimate of drug-likeness (QED) is 0.452. The highest BCUT2D eigenvalue weighted by atomic mass is 16.5. The Kier molecular flexibility index (Phi) is 5.05. The van der Waals surface area contributed by atoms with E-state index in [-0.39, 0.29) is 5.97 Å². The Labute approximate surface area is 94.6 Å². The van der Waals surface area contributed by atoms with Crippen molar-refractivity contribution in [2.24, 2.45) is 0 Å². The van der Waals surface area contributed by atoms with Gasteiger partial charge in [0.2, 0.25) is 0 Å². The molecule has 4 heteroatoms. The van der Waals surface area contributed by atoms with Gasteiger partial charge in [0, 0.05) is 24.7 Å². The van der Waals surface area contributed by atoms with Crippen molar-refractivity contribution in [1.82, 2.24) is 0 Å². The molecule has 16 heavy (non-hydrogen) atoms. The highest BCUT2D eigenvalue weighted by Gasteiger charge is 1.94. The number of rotatable bonds is 6. The Hall–Kier alpha value is -1.84. The lowest BCUT2D eigenvalue weighted by atomic mass is 10.2. The SMILES string of the molecule is CC(=O)OCCCNc1ccc(C=O)cc1. The summed E-state index contributed by atoms with van der Waals surface area (Å²) in [7, 11) is 0. The number of esters is 1. The van der Waals surface area contributed by atoms with Crippen molar-refractivity contribution in [2.75, 3.05) is 18.5 Å². The van der Waals surface area contributed by atoms with E-state index in [1.54, 1.807) is 12.1 Å². The van der Waals surface area contributed by atoms with Crippen LogP contribution in [0.15, 0.2) is 24.3 Å². The average Bonchev–Trinajstić information content (AvgIpc) is 2.29. The highest BCUT2D eigenvalue weighted by Crippen LogP contribution is 2.07. The van der Waals surface area contributed by atoms with Gasteiger partial charge >= 0.3 is 5.97 Å². The van der Waals surface area contributed by atoms with Crippen LogP contribution in [0.25, 0.3) is 0 Å². The number of ether oxygens (including phenoxy) is 1. The first-order valence-electron chi connectivity index (χ1n) is 5.15. The van der Waals surface area contributed by atoms with Gasteiger partial charge in [-0.3, -0.25) is 9.59 Å². The summed E-state index contributed by atoms with van der Waals surface area (Å²) in [5.74, 6) is -0.254. The molecular weight excluding hydrogens is 206 g/mol. The Morgan fingerprint density at radius 3 is 2.62 bits per heavy atom. The van der Waals surface area contributed by atoms with Gasteiger partial charge in [-0.2, -0.15) is 0 Å². The molecule has 0 saturated carbocycles. The fourth-order valence-corrected chi connectivity index (χ4v) is 1.20. The van der Waals surface area contributed by atoms with Gasteiger partial charge in [-0.15, -0.1) is 0 Å². The van der Waals surface area contributed by atoms with Gasteiger partial charge in [0.05, 0.1) is 6.61 Å². The normalized spacial score (nSPS) is 9.56. The summed E-state index contributed by atoms with van der Waals surface area (Å²) in [4.78, 5) is 20.9. The molecule has 86 valence electrons. The molecule has 0 saturated heterocycles. The topological polar surface area (TPSA) is 55.4 Å². The molecule has 0 unspecified atom stereocenters. The molecule has 0 fully saturated rings. The van der Waals surface area contributed by atoms with E-state index < -0.39 is 0 Å². The molecule has 0 spiro atoms. The van der Waals surface area contributed by atoms with E-state index in [2.05, 4.69) is 5.32 Å². The lowest BCUT2D eigenvalue weighted by molar-refractivity contribution is -0.140. The van der Waals surface area contributed by atoms with Crippen LogP contribution in [0.2, 0.25) is 0 Å². The van der Waals surface area contributed by atoms with Crippen molar-refractivity contribution in [3.63, 3.8) is 0 Å². The van der Waals surface area contributed by atoms with Crippen molar-refractivity contribution in [1.29, 1.82) is 0 Å². The van der Waals surface area contributed by atoms with Crippen LogP contribution in [0.5, 0.6) is 0 Å². The van der Waals surface area contributed by atoms with Crippen LogP contribution < -0.4 is 5.32 Å². The maximum atomic E-state index is 10.5. The second-order valence-corrected chi connectivity index (χ2v) is 3.36. The molecule has 0 amide bonds. The molecule has 0 aliphatic heterocycles. The molecule has 0 radical (unpaired) electrons. The maximum Gasteiger partial charge on any atom is 0.302 e. The Morgan fingerprint density at radius 1 is 1.38 bits per heavy atom. The van der Waals surface area contributed by atoms with Crippen LogP contribution in [0.4, 0.5) is 5.69 Å². The molecule has 0 atom stereocenters. The molecule has 0 bridgehead atoms. The molecule has 0 aliphatic carbocycles. The zero-order valence-electron chi connectivity index (χ0n) is 9.23. The number of hydrogen-bond donors (Lipinski definition) is 1. The zero-order valence-corrected chi connectivity index (χ0v) is 9.23. The van der Waals surface area contributed by atoms with Gasteiger partial charge in [-0.1, -0.05) is 0 Å². The van der Waals surface area contributed by atoms with Gasteiger partial charge < -0.3 is 10.1 Å². The Morgan fingerprint density at radius 2 is 2.06 bits per heavy atom. The van der Waals surface area contributed by atoms with E-state index >= 15 is 0 Å². The first-order chi connectivity index (χ1) is 7.72. The largest absolute Gasteiger partial charge is 0.466 e. The summed E-state index contributed by atoms with van der Waals surface area (Å²) in [5, 5.41) is 3.16. The van der Waals surface area contributed by atoms with Gasteiger partial charge in [-0.25, -0.2) is 0 Å². The molecule has 1 aromatic carbocycles. The molecule has 4 nitrogen and oxygen atoms in total. The summed E-state index contributed by atoms with van der Waals surface area (Å²) >= 11 is 0. The van der Waals surface area contributed by atoms with Crippen molar-refractivity contribution in [3.8, 4) is 0 Å². The third-order valence-electron chi connectivity index (χ3n) is 2.00. The fourth-order valence-electron chi connectivity index (χ4n) is 1.20. The predicted molar refractivity (Wildman–Crippen MR) is 61.6 cm³/mol. The first kappa shape index (κ1) is 12.2. The van der Waals surface area contributed by atoms with Crippen LogP contribution in [0, 0.1) is 0 Å². The molecule has 0 aliphatic rings. The highest BCUT2D eigenvalue weighted by molar-refractivity contribution is 5.75. The molecule has 1 N–H and O–H groups in total. The van der Waals surface area contributed by atoms with E-state index in [0.717, 1.165) is 24.9 Å². The minimum atomic E-state index is -0.254. The van der Waals surface area contributed by atoms with Crippen LogP contribution >= 0.6 is 0 Å². The van der Waals surface area contributed by atoms with Crippen LogP contribution in [0.1, 0.15) is 23.7 Å². The second kappa shape index (κ2) is 6.61. The van der Waals surface area contributed by atoms with Gasteiger partial charge in [0.25, 0.3) is 0 Å². The van der Waals surface area contributed by atoms with Crippen LogP contribution in [-0.4, -0.2) is 25.4 Å². The summed E-state index contributed by atoms with van der Waals surface area (Å²) in [6.45, 7) is 2.55. The molecular formula is C12H15NO3. The van der Waals surface area contributed by atoms with Crippen molar-refractivity contribution in [2.45, 2.75) is 13.3 Å². The number of hydrogen-bond acceptors (Lipinski definition) is 4. The maximum absolute atomic E-state index is 10.5. The minimum Gasteiger partial charge on any atom is -0.466 e. The fraction of sp³-hybridized carbons (Fsp3) is 0.333. The standard InChI is InChI=1S/C12H15NO3/c1-10(15)16-8-2-7-13-12-5-3-11(9-14)4-6-12/h3-6,9,13H,2,7-8H2,1H3. The zero-order chi connectivity index (χ0) is 11.8. The van der Waals surface area contributed by atoms with E-state index in [1.165, 1.54) is 6.92 Å². The summed E-state index contributed by atoms with van der Waals surface area (Å²) in [5.41, 5.74) is 1.61. The van der Waals surface area contributed by atoms with E-state index in [0.29, 0.717) is 12.2 Å². The number of nitrogens with one attached hydrogen (secondary N) is 1. The summed E-state index contributed by atoms with van der Waals surface area (Å²) < 4.78 is 4.79. The molecule has 1 aromatic rings. The Balaban J connectivity index is 2.21. The first-order valence-corrected chi connectivity index (χ1v) is 5.15.